The van der Waals surface area contributed by atoms with Crippen LogP contribution < -0.4 is 0 Å². The van der Waals surface area contributed by atoms with Crippen molar-refractivity contribution in [3.63, 3.8) is 0 Å². The first-order chi connectivity index (χ1) is 8.54. The number of ketones is 1. The fraction of sp³-hybridized carbons (Fsp3) is 0.933. The van der Waals surface area contributed by atoms with E-state index in [0.29, 0.717) is 12.5 Å². The third-order valence-electron chi connectivity index (χ3n) is 4.39. The maximum atomic E-state index is 11.1. The van der Waals surface area contributed by atoms with Crippen LogP contribution in [0.15, 0.2) is 0 Å². The minimum atomic E-state index is -1.76. The molecule has 0 N–H and O–H groups in total. The van der Waals surface area contributed by atoms with Gasteiger partial charge in [-0.2, -0.15) is 0 Å². The third-order valence-corrected chi connectivity index (χ3v) is 8.90. The Hall–Kier alpha value is -0.193. The second kappa shape index (κ2) is 6.06. The average molecular weight is 286 g/mol. The van der Waals surface area contributed by atoms with Crippen molar-refractivity contribution in [1.29, 1.82) is 0 Å². The molecule has 4 heteroatoms. The quantitative estimate of drug-likeness (QED) is 0.526. The molecule has 1 aliphatic rings. The molecule has 0 amide bonds. The summed E-state index contributed by atoms with van der Waals surface area (Å²) < 4.78 is 12.1. The topological polar surface area (TPSA) is 38.8 Å². The van der Waals surface area contributed by atoms with Crippen molar-refractivity contribution in [3.8, 4) is 0 Å². The number of Topliss-reactive ketones (excluding diaryl/α,β-unsaturated/α-hetero) is 1. The van der Waals surface area contributed by atoms with Gasteiger partial charge in [0.15, 0.2) is 8.32 Å². The number of epoxide rings is 1. The van der Waals surface area contributed by atoms with Gasteiger partial charge in [0, 0.05) is 6.42 Å². The van der Waals surface area contributed by atoms with E-state index in [-0.39, 0.29) is 23.0 Å². The van der Waals surface area contributed by atoms with Gasteiger partial charge in [0.1, 0.15) is 11.9 Å². The van der Waals surface area contributed by atoms with Crippen molar-refractivity contribution >= 4 is 14.1 Å². The third kappa shape index (κ3) is 5.01. The maximum absolute atomic E-state index is 11.1. The highest BCUT2D eigenvalue weighted by Crippen LogP contribution is 2.40. The SMILES string of the molecule is CC(=O)CCC[C@@H](O[Si](C)(C)C(C)(C)C)[C@H]1O[C@@H]1C. The van der Waals surface area contributed by atoms with Crippen LogP contribution in [0.3, 0.4) is 0 Å². The lowest BCUT2D eigenvalue weighted by atomic mass is 10.1. The van der Waals surface area contributed by atoms with Crippen molar-refractivity contribution in [2.24, 2.45) is 0 Å². The maximum Gasteiger partial charge on any atom is 0.192 e. The van der Waals surface area contributed by atoms with Crippen LogP contribution in [0.25, 0.3) is 0 Å². The van der Waals surface area contributed by atoms with E-state index in [1.54, 1.807) is 6.92 Å². The van der Waals surface area contributed by atoms with Crippen LogP contribution in [0.2, 0.25) is 18.1 Å². The molecule has 3 atom stereocenters. The molecule has 1 heterocycles. The van der Waals surface area contributed by atoms with Crippen LogP contribution in [0.5, 0.6) is 0 Å². The molecular formula is C15H30O3Si. The summed E-state index contributed by atoms with van der Waals surface area (Å²) in [5.41, 5.74) is 0. The van der Waals surface area contributed by atoms with Crippen LogP contribution in [-0.4, -0.2) is 32.4 Å². The normalized spacial score (nSPS) is 25.2. The highest BCUT2D eigenvalue weighted by atomic mass is 28.4. The van der Waals surface area contributed by atoms with E-state index in [0.717, 1.165) is 12.8 Å². The minimum Gasteiger partial charge on any atom is -0.411 e. The van der Waals surface area contributed by atoms with Crippen LogP contribution >= 0.6 is 0 Å². The molecule has 112 valence electrons. The first-order valence-electron chi connectivity index (χ1n) is 7.37. The zero-order chi connectivity index (χ0) is 14.8. The minimum absolute atomic E-state index is 0.162. The van der Waals surface area contributed by atoms with Crippen molar-refractivity contribution in [1.82, 2.24) is 0 Å². The fourth-order valence-electron chi connectivity index (χ4n) is 1.99. The van der Waals surface area contributed by atoms with Crippen LogP contribution in [-0.2, 0) is 14.0 Å². The number of ether oxygens (including phenoxy) is 1. The Balaban J connectivity index is 2.58. The summed E-state index contributed by atoms with van der Waals surface area (Å²) in [5.74, 6) is 0.260. The molecule has 0 radical (unpaired) electrons. The molecule has 0 bridgehead atoms. The predicted molar refractivity (Wildman–Crippen MR) is 80.9 cm³/mol. The molecule has 1 rings (SSSR count). The van der Waals surface area contributed by atoms with Crippen molar-refractivity contribution in [3.05, 3.63) is 0 Å². The number of carbonyl (C=O) groups excluding carboxylic acids is 1. The molecular weight excluding hydrogens is 256 g/mol. The Kier molecular flexibility index (Phi) is 5.38. The monoisotopic (exact) mass is 286 g/mol. The first kappa shape index (κ1) is 16.9. The van der Waals surface area contributed by atoms with E-state index in [2.05, 4.69) is 40.8 Å². The number of rotatable bonds is 7. The van der Waals surface area contributed by atoms with E-state index < -0.39 is 8.32 Å². The smallest absolute Gasteiger partial charge is 0.192 e. The molecule has 0 spiro atoms. The van der Waals surface area contributed by atoms with Gasteiger partial charge >= 0.3 is 0 Å². The lowest BCUT2D eigenvalue weighted by molar-refractivity contribution is -0.117. The highest BCUT2D eigenvalue weighted by molar-refractivity contribution is 6.74. The molecule has 0 aliphatic carbocycles. The molecule has 1 fully saturated rings. The van der Waals surface area contributed by atoms with Gasteiger partial charge in [-0.05, 0) is 44.8 Å². The summed E-state index contributed by atoms with van der Waals surface area (Å²) in [7, 11) is -1.76. The molecule has 0 unspecified atom stereocenters. The molecule has 19 heavy (non-hydrogen) atoms. The summed E-state index contributed by atoms with van der Waals surface area (Å²) in [6.07, 6.45) is 3.20. The van der Waals surface area contributed by atoms with Crippen LogP contribution in [0, 0.1) is 0 Å². The van der Waals surface area contributed by atoms with Crippen molar-refractivity contribution < 1.29 is 14.0 Å². The van der Waals surface area contributed by atoms with Crippen LogP contribution in [0.4, 0.5) is 0 Å². The van der Waals surface area contributed by atoms with Crippen molar-refractivity contribution in [2.45, 2.75) is 90.3 Å². The summed E-state index contributed by atoms with van der Waals surface area (Å²) >= 11 is 0. The van der Waals surface area contributed by atoms with E-state index in [1.807, 2.05) is 0 Å². The average Bonchev–Trinajstić information content (AvgIpc) is 2.91. The summed E-state index contributed by atoms with van der Waals surface area (Å²) in [4.78, 5) is 11.1. The number of hydrogen-bond donors (Lipinski definition) is 0. The second-order valence-electron chi connectivity index (χ2n) is 7.32. The Morgan fingerprint density at radius 3 is 2.26 bits per heavy atom. The molecule has 3 nitrogen and oxygen atoms in total. The van der Waals surface area contributed by atoms with Crippen LogP contribution in [0.1, 0.15) is 53.9 Å². The van der Waals surface area contributed by atoms with E-state index >= 15 is 0 Å². The van der Waals surface area contributed by atoms with Crippen molar-refractivity contribution in [2.75, 3.05) is 0 Å². The molecule has 1 saturated heterocycles. The summed E-state index contributed by atoms with van der Waals surface area (Å²) in [5, 5.41) is 0.212. The number of carbonyl (C=O) groups is 1. The molecule has 1 aliphatic heterocycles. The van der Waals surface area contributed by atoms with E-state index in [1.165, 1.54) is 0 Å². The Morgan fingerprint density at radius 1 is 1.37 bits per heavy atom. The highest BCUT2D eigenvalue weighted by Gasteiger charge is 2.47. The zero-order valence-corrected chi connectivity index (χ0v) is 14.6. The standard InChI is InChI=1S/C15H30O3Si/c1-11(16)9-8-10-13(14-12(2)17-14)18-19(6,7)15(3,4)5/h12-14H,8-10H2,1-7H3/t12-,13-,14+/m1/s1. The second-order valence-corrected chi connectivity index (χ2v) is 12.1. The van der Waals surface area contributed by atoms with Gasteiger partial charge in [0.25, 0.3) is 0 Å². The largest absolute Gasteiger partial charge is 0.411 e. The molecule has 0 aromatic rings. The van der Waals surface area contributed by atoms with Gasteiger partial charge in [-0.1, -0.05) is 20.8 Å². The zero-order valence-electron chi connectivity index (χ0n) is 13.6. The first-order valence-corrected chi connectivity index (χ1v) is 10.3. The van der Waals surface area contributed by atoms with Gasteiger partial charge in [0.05, 0.1) is 12.2 Å². The molecule has 0 aromatic carbocycles. The van der Waals surface area contributed by atoms with Gasteiger partial charge in [-0.15, -0.1) is 0 Å². The van der Waals surface area contributed by atoms with Gasteiger partial charge < -0.3 is 14.0 Å². The van der Waals surface area contributed by atoms with Gasteiger partial charge in [-0.3, -0.25) is 0 Å². The molecule has 0 aromatic heterocycles. The predicted octanol–water partition coefficient (Wildman–Crippen LogP) is 3.92. The van der Waals surface area contributed by atoms with Gasteiger partial charge in [0.2, 0.25) is 0 Å². The van der Waals surface area contributed by atoms with E-state index in [4.69, 9.17) is 9.16 Å². The Labute approximate surface area is 119 Å². The fourth-order valence-corrected chi connectivity index (χ4v) is 3.35. The molecule has 0 saturated carbocycles. The Morgan fingerprint density at radius 2 is 1.89 bits per heavy atom. The van der Waals surface area contributed by atoms with E-state index in [9.17, 15) is 4.79 Å². The number of hydrogen-bond acceptors (Lipinski definition) is 3. The Bertz CT molecular complexity index is 320. The summed E-state index contributed by atoms with van der Waals surface area (Å²) in [6.45, 7) is 15.1. The van der Waals surface area contributed by atoms with Gasteiger partial charge in [-0.25, -0.2) is 0 Å². The lowest BCUT2D eigenvalue weighted by Crippen LogP contribution is -2.45. The summed E-state index contributed by atoms with van der Waals surface area (Å²) in [6, 6.07) is 0. The lowest BCUT2D eigenvalue weighted by Gasteiger charge is -2.39.